The second-order valence-corrected chi connectivity index (χ2v) is 10.5. The van der Waals surface area contributed by atoms with Crippen LogP contribution >= 0.6 is 0 Å². The first-order valence-corrected chi connectivity index (χ1v) is 9.87. The first-order valence-electron chi connectivity index (χ1n) is 9.87. The van der Waals surface area contributed by atoms with Crippen LogP contribution in [0.5, 0.6) is 0 Å². The maximum atomic E-state index is 12.9. The summed E-state index contributed by atoms with van der Waals surface area (Å²) in [5.41, 5.74) is 0.0123. The minimum absolute atomic E-state index is 0.000185. The Morgan fingerprint density at radius 2 is 1.79 bits per heavy atom. The number of aliphatic carboxylic acids is 1. The second-order valence-electron chi connectivity index (χ2n) is 10.5. The van der Waals surface area contributed by atoms with Crippen molar-refractivity contribution in [2.75, 3.05) is 0 Å². The molecule has 4 fully saturated rings. The molecule has 1 unspecified atom stereocenters. The van der Waals surface area contributed by atoms with Crippen LogP contribution in [0.4, 0.5) is 0 Å². The molecule has 3 nitrogen and oxygen atoms in total. The lowest BCUT2D eigenvalue weighted by atomic mass is 9.39. The Balaban J connectivity index is 1.75. The third-order valence-corrected chi connectivity index (χ3v) is 9.06. The Hall–Kier alpha value is -0.860. The molecule has 0 aliphatic heterocycles. The largest absolute Gasteiger partial charge is 0.481 e. The van der Waals surface area contributed by atoms with Crippen LogP contribution in [0.15, 0.2) is 0 Å². The first kappa shape index (κ1) is 16.6. The summed E-state index contributed by atoms with van der Waals surface area (Å²) in [6.07, 6.45) is 8.11. The van der Waals surface area contributed by atoms with Crippen LogP contribution in [0.3, 0.4) is 0 Å². The Morgan fingerprint density at radius 1 is 1.08 bits per heavy atom. The molecule has 0 amide bonds. The number of fused-ring (bicyclic) bond motifs is 3. The van der Waals surface area contributed by atoms with E-state index in [1.54, 1.807) is 0 Å². The zero-order valence-electron chi connectivity index (χ0n) is 15.6. The summed E-state index contributed by atoms with van der Waals surface area (Å²) in [7, 11) is 0. The van der Waals surface area contributed by atoms with Gasteiger partial charge in [0, 0.05) is 6.42 Å². The van der Waals surface area contributed by atoms with Gasteiger partial charge in [0.1, 0.15) is 11.7 Å². The normalized spacial score (nSPS) is 52.5. The summed E-state index contributed by atoms with van der Waals surface area (Å²) in [6.45, 7) is 8.86. The molecule has 24 heavy (non-hydrogen) atoms. The third-order valence-electron chi connectivity index (χ3n) is 9.06. The van der Waals surface area contributed by atoms with Gasteiger partial charge in [0.05, 0.1) is 0 Å². The van der Waals surface area contributed by atoms with Crippen molar-refractivity contribution in [2.45, 2.75) is 72.6 Å². The molecular formula is C21H32O3. The van der Waals surface area contributed by atoms with Crippen molar-refractivity contribution < 1.29 is 14.7 Å². The minimum atomic E-state index is -0.912. The molecule has 7 atom stereocenters. The van der Waals surface area contributed by atoms with E-state index in [9.17, 15) is 14.7 Å². The summed E-state index contributed by atoms with van der Waals surface area (Å²) < 4.78 is 0. The summed E-state index contributed by atoms with van der Waals surface area (Å²) in [5, 5.41) is 9.67. The highest BCUT2D eigenvalue weighted by Crippen LogP contribution is 2.72. The van der Waals surface area contributed by atoms with E-state index in [4.69, 9.17) is 0 Å². The van der Waals surface area contributed by atoms with Crippen molar-refractivity contribution in [1.82, 2.24) is 0 Å². The van der Waals surface area contributed by atoms with Crippen LogP contribution in [0.25, 0.3) is 0 Å². The molecule has 1 N–H and O–H groups in total. The standard InChI is InChI=1S/C21H32O3/c1-12-9-21-8-7-15-19(2,3)17(18(23)24)14(22)11-20(15,4)16(21)6-5-13(12)10-21/h12-13,15-17H,5-11H2,1-4H3,(H,23,24)/t12-,13-,15+,16-,17?,20+,21+/m1/s1. The molecule has 4 aliphatic carbocycles. The maximum absolute atomic E-state index is 12.9. The smallest absolute Gasteiger partial charge is 0.314 e. The van der Waals surface area contributed by atoms with E-state index in [1.165, 1.54) is 32.1 Å². The van der Waals surface area contributed by atoms with E-state index in [0.717, 1.165) is 18.3 Å². The molecule has 1 spiro atoms. The molecule has 4 aliphatic rings. The minimum Gasteiger partial charge on any atom is -0.481 e. The molecule has 4 rings (SSSR count). The fraction of sp³-hybridized carbons (Fsp3) is 0.905. The van der Waals surface area contributed by atoms with Gasteiger partial charge in [-0.3, -0.25) is 9.59 Å². The highest BCUT2D eigenvalue weighted by atomic mass is 16.4. The Morgan fingerprint density at radius 3 is 2.46 bits per heavy atom. The predicted octanol–water partition coefficient (Wildman–Crippen LogP) is 4.55. The van der Waals surface area contributed by atoms with E-state index in [1.807, 2.05) is 13.8 Å². The molecule has 0 heterocycles. The molecule has 0 aromatic carbocycles. The molecule has 134 valence electrons. The van der Waals surface area contributed by atoms with Crippen molar-refractivity contribution in [3.63, 3.8) is 0 Å². The lowest BCUT2D eigenvalue weighted by Gasteiger charge is -2.64. The van der Waals surface area contributed by atoms with Crippen LogP contribution < -0.4 is 0 Å². The third kappa shape index (κ3) is 1.90. The lowest BCUT2D eigenvalue weighted by Crippen LogP contribution is -2.61. The van der Waals surface area contributed by atoms with Crippen molar-refractivity contribution in [3.8, 4) is 0 Å². The van der Waals surface area contributed by atoms with Gasteiger partial charge < -0.3 is 5.11 Å². The molecule has 0 saturated heterocycles. The Labute approximate surface area is 145 Å². The first-order chi connectivity index (χ1) is 11.1. The summed E-state index contributed by atoms with van der Waals surface area (Å²) in [5.74, 6) is 0.940. The Kier molecular flexibility index (Phi) is 3.36. The number of carboxylic acids is 1. The van der Waals surface area contributed by atoms with Gasteiger partial charge >= 0.3 is 5.97 Å². The highest BCUT2D eigenvalue weighted by molar-refractivity contribution is 6.00. The van der Waals surface area contributed by atoms with E-state index >= 15 is 0 Å². The number of carbonyl (C=O) groups is 2. The summed E-state index contributed by atoms with van der Waals surface area (Å²) >= 11 is 0. The SMILES string of the molecule is C[C@@H]1C[C@]23CC[C@H]4C(C)(C)C(C(=O)O)C(=O)C[C@]4(C)[C@H]2CC[C@@H]1C3. The quantitative estimate of drug-likeness (QED) is 0.717. The molecule has 4 saturated carbocycles. The number of Topliss-reactive ketones (excluding diaryl/α,β-unsaturated/α-hetero) is 1. The number of hydrogen-bond donors (Lipinski definition) is 1. The zero-order chi connectivity index (χ0) is 17.5. The van der Waals surface area contributed by atoms with Gasteiger partial charge in [-0.25, -0.2) is 0 Å². The average Bonchev–Trinajstić information content (AvgIpc) is 2.66. The van der Waals surface area contributed by atoms with Crippen molar-refractivity contribution >= 4 is 11.8 Å². The van der Waals surface area contributed by atoms with Crippen LogP contribution in [-0.2, 0) is 9.59 Å². The van der Waals surface area contributed by atoms with Crippen molar-refractivity contribution in [1.29, 1.82) is 0 Å². The van der Waals surface area contributed by atoms with Crippen molar-refractivity contribution in [3.05, 3.63) is 0 Å². The van der Waals surface area contributed by atoms with Gasteiger partial charge in [-0.05, 0) is 78.4 Å². The fourth-order valence-electron chi connectivity index (χ4n) is 8.40. The van der Waals surface area contributed by atoms with E-state index in [0.29, 0.717) is 23.7 Å². The van der Waals surface area contributed by atoms with Crippen molar-refractivity contribution in [2.24, 2.45) is 45.8 Å². The number of carboxylic acid groups (broad SMARTS) is 1. The highest BCUT2D eigenvalue weighted by Gasteiger charge is 2.67. The van der Waals surface area contributed by atoms with E-state index in [2.05, 4.69) is 13.8 Å². The van der Waals surface area contributed by atoms with Crippen LogP contribution in [0, 0.1) is 45.8 Å². The summed E-state index contributed by atoms with van der Waals surface area (Å²) in [4.78, 5) is 24.7. The molecule has 0 radical (unpaired) electrons. The number of carbonyl (C=O) groups excluding carboxylic acids is 1. The van der Waals surface area contributed by atoms with Gasteiger partial charge in [-0.2, -0.15) is 0 Å². The Bertz CT molecular complexity index is 590. The van der Waals surface area contributed by atoms with Crippen LogP contribution in [-0.4, -0.2) is 16.9 Å². The maximum Gasteiger partial charge on any atom is 0.314 e. The number of hydrogen-bond acceptors (Lipinski definition) is 2. The van der Waals surface area contributed by atoms with Crippen LogP contribution in [0.1, 0.15) is 72.6 Å². The molecule has 3 heteroatoms. The number of ketones is 1. The zero-order valence-corrected chi connectivity index (χ0v) is 15.6. The van der Waals surface area contributed by atoms with Gasteiger partial charge in [0.2, 0.25) is 0 Å². The monoisotopic (exact) mass is 332 g/mol. The predicted molar refractivity (Wildman–Crippen MR) is 92.4 cm³/mol. The van der Waals surface area contributed by atoms with Gasteiger partial charge in [-0.15, -0.1) is 0 Å². The fourth-order valence-corrected chi connectivity index (χ4v) is 8.40. The molecular weight excluding hydrogens is 300 g/mol. The number of rotatable bonds is 1. The lowest BCUT2D eigenvalue weighted by molar-refractivity contribution is -0.184. The van der Waals surface area contributed by atoms with Gasteiger partial charge in [0.15, 0.2) is 0 Å². The molecule has 2 bridgehead atoms. The van der Waals surface area contributed by atoms with Crippen LogP contribution in [0.2, 0.25) is 0 Å². The van der Waals surface area contributed by atoms with E-state index < -0.39 is 17.3 Å². The second kappa shape index (κ2) is 4.86. The average molecular weight is 332 g/mol. The summed E-state index contributed by atoms with van der Waals surface area (Å²) in [6, 6.07) is 0. The molecule has 0 aromatic heterocycles. The molecule has 0 aromatic rings. The van der Waals surface area contributed by atoms with Gasteiger partial charge in [-0.1, -0.05) is 27.7 Å². The topological polar surface area (TPSA) is 54.4 Å². The van der Waals surface area contributed by atoms with E-state index in [-0.39, 0.29) is 11.2 Å². The van der Waals surface area contributed by atoms with Gasteiger partial charge in [0.25, 0.3) is 0 Å².